The minimum atomic E-state index is -4.00. The van der Waals surface area contributed by atoms with Crippen LogP contribution in [0.2, 0.25) is 0 Å². The van der Waals surface area contributed by atoms with Crippen LogP contribution in [-0.2, 0) is 0 Å². The lowest BCUT2D eigenvalue weighted by atomic mass is 10.1. The third kappa shape index (κ3) is 33.1. The van der Waals surface area contributed by atoms with Crippen molar-refractivity contribution in [3.05, 3.63) is 0 Å². The minimum absolute atomic E-state index is 0.310. The lowest BCUT2D eigenvalue weighted by molar-refractivity contribution is -0.129. The summed E-state index contributed by atoms with van der Waals surface area (Å²) in [6, 6.07) is 0. The van der Waals surface area contributed by atoms with Gasteiger partial charge in [-0.25, -0.2) is 10.0 Å². The highest BCUT2D eigenvalue weighted by Gasteiger charge is 2.29. The standard InChI is InChI=1S/C20H41F3OS2.2C2H6/c1-26(2,19-14-20(21,22)23)18-12-10-8-6-4-3-5-7-9-11-16-25-17-13-15-24;2*1-2/h24H,3-19H2,1-2H3;2*1-2H3. The molecule has 0 spiro atoms. The Morgan fingerprint density at radius 2 is 1.03 bits per heavy atom. The Kier molecular flexibility index (Phi) is 30.0. The van der Waals surface area contributed by atoms with Crippen molar-refractivity contribution >= 4 is 21.8 Å². The van der Waals surface area contributed by atoms with Crippen molar-refractivity contribution in [1.82, 2.24) is 0 Å². The van der Waals surface area contributed by atoms with E-state index in [1.54, 1.807) is 0 Å². The van der Waals surface area contributed by atoms with Crippen molar-refractivity contribution in [1.29, 1.82) is 0 Å². The molecule has 0 unspecified atom stereocenters. The van der Waals surface area contributed by atoms with E-state index < -0.39 is 22.6 Å². The van der Waals surface area contributed by atoms with Crippen molar-refractivity contribution in [2.24, 2.45) is 0 Å². The lowest BCUT2D eigenvalue weighted by Gasteiger charge is -2.31. The zero-order chi connectivity index (χ0) is 23.7. The zero-order valence-electron chi connectivity index (χ0n) is 20.9. The Morgan fingerprint density at radius 3 is 1.47 bits per heavy atom. The maximum absolute atomic E-state index is 12.3. The fraction of sp³-hybridized carbons (Fsp3) is 1.00. The van der Waals surface area contributed by atoms with Crippen LogP contribution in [-0.4, -0.2) is 53.4 Å². The van der Waals surface area contributed by atoms with Crippen molar-refractivity contribution in [3.63, 3.8) is 0 Å². The number of halogens is 3. The van der Waals surface area contributed by atoms with Gasteiger partial charge in [0.25, 0.3) is 0 Å². The second kappa shape index (κ2) is 25.7. The molecular weight excluding hydrogens is 425 g/mol. The zero-order valence-corrected chi connectivity index (χ0v) is 22.6. The smallest absolute Gasteiger partial charge is 0.389 e. The first kappa shape index (κ1) is 35.0. The van der Waals surface area contributed by atoms with Crippen LogP contribution < -0.4 is 0 Å². The van der Waals surface area contributed by atoms with Gasteiger partial charge in [-0.2, -0.15) is 24.9 Å². The summed E-state index contributed by atoms with van der Waals surface area (Å²) < 4.78 is 36.9. The molecule has 0 atom stereocenters. The molecule has 0 saturated carbocycles. The molecule has 0 amide bonds. The van der Waals surface area contributed by atoms with Crippen molar-refractivity contribution < 1.29 is 18.3 Å². The van der Waals surface area contributed by atoms with Crippen LogP contribution in [0.15, 0.2) is 0 Å². The summed E-state index contributed by atoms with van der Waals surface area (Å²) in [4.78, 5) is 0. The van der Waals surface area contributed by atoms with Crippen molar-refractivity contribution in [2.75, 3.05) is 42.1 Å². The topological polar surface area (TPSA) is 20.2 Å². The summed E-state index contributed by atoms with van der Waals surface area (Å²) >= 11 is 1.95. The summed E-state index contributed by atoms with van der Waals surface area (Å²) in [7, 11) is -1.07. The average Bonchev–Trinajstić information content (AvgIpc) is 2.72. The van der Waals surface area contributed by atoms with E-state index in [1.807, 2.05) is 52.0 Å². The molecule has 0 heterocycles. The molecule has 0 rings (SSSR count). The normalized spacial score (nSPS) is 11.9. The number of alkyl halides is 3. The van der Waals surface area contributed by atoms with Gasteiger partial charge >= 0.3 is 6.18 Å². The Balaban J connectivity index is -0.00000171. The Bertz CT molecular complexity index is 311. The summed E-state index contributed by atoms with van der Waals surface area (Å²) in [5.41, 5.74) is 0. The van der Waals surface area contributed by atoms with Crippen molar-refractivity contribution in [3.8, 4) is 0 Å². The van der Waals surface area contributed by atoms with Crippen LogP contribution in [0.1, 0.15) is 105 Å². The van der Waals surface area contributed by atoms with Gasteiger partial charge in [-0.15, -0.1) is 0 Å². The van der Waals surface area contributed by atoms with Gasteiger partial charge in [0, 0.05) is 6.61 Å². The first-order valence-electron chi connectivity index (χ1n) is 12.2. The molecule has 0 fully saturated rings. The number of unbranched alkanes of at least 4 members (excludes halogenated alkanes) is 9. The second-order valence-corrected chi connectivity index (χ2v) is 13.3. The first-order valence-corrected chi connectivity index (χ1v) is 16.2. The van der Waals surface area contributed by atoms with E-state index in [2.05, 4.69) is 0 Å². The van der Waals surface area contributed by atoms with E-state index in [0.29, 0.717) is 12.4 Å². The SMILES string of the molecule is CC.CC.CS(C)(CCCCCCCCCCCCSCCCO)CCC(F)(F)F. The molecule has 6 heteroatoms. The van der Waals surface area contributed by atoms with Crippen LogP contribution >= 0.6 is 21.8 Å². The van der Waals surface area contributed by atoms with Gasteiger partial charge in [0.1, 0.15) is 0 Å². The first-order chi connectivity index (χ1) is 14.3. The predicted octanol–water partition coefficient (Wildman–Crippen LogP) is 9.07. The molecule has 0 aliphatic rings. The number of thioether (sulfide) groups is 1. The number of aliphatic hydroxyl groups is 1. The Morgan fingerprint density at radius 1 is 0.633 bits per heavy atom. The van der Waals surface area contributed by atoms with E-state index in [9.17, 15) is 13.2 Å². The lowest BCUT2D eigenvalue weighted by Crippen LogP contribution is -2.15. The fourth-order valence-electron chi connectivity index (χ4n) is 2.87. The summed E-state index contributed by atoms with van der Waals surface area (Å²) in [5, 5.41) is 8.69. The van der Waals surface area contributed by atoms with E-state index in [4.69, 9.17) is 5.11 Å². The average molecular weight is 479 g/mol. The molecule has 0 aromatic rings. The highest BCUT2D eigenvalue weighted by atomic mass is 32.3. The number of rotatable bonds is 18. The van der Waals surface area contributed by atoms with Crippen LogP contribution in [0.5, 0.6) is 0 Å². The van der Waals surface area contributed by atoms with Gasteiger partial charge in [0.05, 0.1) is 6.42 Å². The third-order valence-corrected chi connectivity index (χ3v) is 8.48. The maximum atomic E-state index is 12.3. The highest BCUT2D eigenvalue weighted by molar-refractivity contribution is 8.32. The quantitative estimate of drug-likeness (QED) is 0.198. The molecule has 30 heavy (non-hydrogen) atoms. The molecule has 188 valence electrons. The fourth-order valence-corrected chi connectivity index (χ4v) is 5.79. The van der Waals surface area contributed by atoms with E-state index in [0.717, 1.165) is 24.3 Å². The summed E-state index contributed by atoms with van der Waals surface area (Å²) in [6.07, 6.45) is 13.1. The van der Waals surface area contributed by atoms with Gasteiger partial charge in [-0.05, 0) is 54.8 Å². The Labute approximate surface area is 193 Å². The maximum Gasteiger partial charge on any atom is 0.389 e. The molecule has 1 nitrogen and oxygen atoms in total. The summed E-state index contributed by atoms with van der Waals surface area (Å²) in [6.45, 7) is 8.31. The van der Waals surface area contributed by atoms with Crippen LogP contribution in [0.25, 0.3) is 0 Å². The van der Waals surface area contributed by atoms with E-state index in [1.165, 1.54) is 63.5 Å². The Hall–Kier alpha value is 0.450. The van der Waals surface area contributed by atoms with Gasteiger partial charge in [-0.3, -0.25) is 0 Å². The van der Waals surface area contributed by atoms with Gasteiger partial charge in [0.2, 0.25) is 0 Å². The molecule has 1 N–H and O–H groups in total. The van der Waals surface area contributed by atoms with Gasteiger partial charge in [-0.1, -0.05) is 79.1 Å². The van der Waals surface area contributed by atoms with Gasteiger partial charge in [0.15, 0.2) is 0 Å². The predicted molar refractivity (Wildman–Crippen MR) is 138 cm³/mol. The monoisotopic (exact) mass is 478 g/mol. The molecule has 0 saturated heterocycles. The molecule has 0 aliphatic carbocycles. The van der Waals surface area contributed by atoms with Crippen molar-refractivity contribution in [2.45, 2.75) is 111 Å². The van der Waals surface area contributed by atoms with Gasteiger partial charge < -0.3 is 5.11 Å². The molecule has 0 aromatic heterocycles. The number of hydrogen-bond donors (Lipinski definition) is 1. The number of aliphatic hydroxyl groups excluding tert-OH is 1. The molecule has 0 radical (unpaired) electrons. The van der Waals surface area contributed by atoms with Crippen LogP contribution in [0.3, 0.4) is 0 Å². The largest absolute Gasteiger partial charge is 0.396 e. The molecule has 0 aromatic carbocycles. The van der Waals surface area contributed by atoms with E-state index in [-0.39, 0.29) is 0 Å². The minimum Gasteiger partial charge on any atom is -0.396 e. The van der Waals surface area contributed by atoms with Crippen LogP contribution in [0, 0.1) is 0 Å². The highest BCUT2D eigenvalue weighted by Crippen LogP contribution is 2.43. The molecule has 0 bridgehead atoms. The molecular formula is C24H53F3OS2. The third-order valence-electron chi connectivity index (χ3n) is 4.62. The second-order valence-electron chi connectivity index (χ2n) is 7.77. The van der Waals surface area contributed by atoms with Crippen LogP contribution in [0.4, 0.5) is 13.2 Å². The number of hydrogen-bond acceptors (Lipinski definition) is 2. The summed E-state index contributed by atoms with van der Waals surface area (Å²) in [5.74, 6) is 3.62. The van der Waals surface area contributed by atoms with E-state index >= 15 is 0 Å². The molecule has 0 aliphatic heterocycles.